The Hall–Kier alpha value is -2.87. The molecule has 196 valence electrons. The average Bonchev–Trinajstić information content (AvgIpc) is 2.93. The summed E-state index contributed by atoms with van der Waals surface area (Å²) in [5, 5.41) is 3.60. The van der Waals surface area contributed by atoms with Gasteiger partial charge in [0, 0.05) is 61.5 Å². The van der Waals surface area contributed by atoms with Crippen molar-refractivity contribution in [3.63, 3.8) is 0 Å². The molecule has 0 radical (unpaired) electrons. The maximum atomic E-state index is 13.9. The van der Waals surface area contributed by atoms with E-state index in [-0.39, 0.29) is 5.91 Å². The number of nitrogens with one attached hydrogen (secondary N) is 1. The van der Waals surface area contributed by atoms with Gasteiger partial charge < -0.3 is 19.9 Å². The molecule has 37 heavy (non-hydrogen) atoms. The number of nitrogens with zero attached hydrogens (tertiary/aromatic N) is 3. The third-order valence-electron chi connectivity index (χ3n) is 6.51. The molecule has 4 rings (SSSR count). The molecule has 1 aliphatic rings. The monoisotopic (exact) mass is 564 g/mol. The van der Waals surface area contributed by atoms with Gasteiger partial charge in [-0.2, -0.15) is 0 Å². The lowest BCUT2D eigenvalue weighted by Gasteiger charge is -2.28. The molecule has 1 N–H and O–H groups in total. The zero-order valence-electron chi connectivity index (χ0n) is 21.8. The van der Waals surface area contributed by atoms with Crippen LogP contribution in [0, 0.1) is 0 Å². The summed E-state index contributed by atoms with van der Waals surface area (Å²) in [5.41, 5.74) is 4.13. The first-order chi connectivity index (χ1) is 18.0. The highest BCUT2D eigenvalue weighted by molar-refractivity contribution is 9.10. The molecule has 7 heteroatoms. The van der Waals surface area contributed by atoms with Crippen LogP contribution in [0.1, 0.15) is 27.9 Å². The highest BCUT2D eigenvalue weighted by Crippen LogP contribution is 2.25. The van der Waals surface area contributed by atoms with E-state index < -0.39 is 0 Å². The van der Waals surface area contributed by atoms with Gasteiger partial charge in [-0.05, 0) is 68.0 Å². The summed E-state index contributed by atoms with van der Waals surface area (Å²) >= 11 is 3.62. The molecule has 3 aromatic rings. The number of hydrogen-bond donors (Lipinski definition) is 1. The fourth-order valence-corrected chi connectivity index (χ4v) is 4.88. The maximum Gasteiger partial charge on any atom is 0.254 e. The number of benzene rings is 3. The summed E-state index contributed by atoms with van der Waals surface area (Å²) in [6, 6.07) is 24.4. The Morgan fingerprint density at radius 3 is 2.65 bits per heavy atom. The number of halogens is 1. The number of likely N-dealkylation sites (N-methyl/N-ethyl adjacent to an activating group) is 1. The number of anilines is 1. The quantitative estimate of drug-likeness (QED) is 0.419. The summed E-state index contributed by atoms with van der Waals surface area (Å²) in [6.07, 6.45) is 1.03. The van der Waals surface area contributed by atoms with Crippen LogP contribution in [0.4, 0.5) is 5.69 Å². The largest absolute Gasteiger partial charge is 0.492 e. The van der Waals surface area contributed by atoms with Crippen LogP contribution in [0.3, 0.4) is 0 Å². The second kappa shape index (κ2) is 13.6. The lowest BCUT2D eigenvalue weighted by Crippen LogP contribution is -2.38. The lowest BCUT2D eigenvalue weighted by atomic mass is 10.1. The molecule has 0 aromatic heterocycles. The first kappa shape index (κ1) is 27.2. The SMILES string of the molecule is CN(C)CCOc1cccc(C(=O)N2CCN(Cc3ccccc3)CCCNc3ccc(Br)cc3C2)c1. The topological polar surface area (TPSA) is 48.1 Å². The van der Waals surface area contributed by atoms with Crippen molar-refractivity contribution in [1.29, 1.82) is 0 Å². The molecule has 0 saturated heterocycles. The third-order valence-corrected chi connectivity index (χ3v) is 7.00. The van der Waals surface area contributed by atoms with Crippen molar-refractivity contribution in [3.05, 3.63) is 94.0 Å². The van der Waals surface area contributed by atoms with Crippen LogP contribution in [0.25, 0.3) is 0 Å². The zero-order chi connectivity index (χ0) is 26.0. The molecule has 0 bridgehead atoms. The molecule has 0 unspecified atom stereocenters. The fourth-order valence-electron chi connectivity index (χ4n) is 4.47. The van der Waals surface area contributed by atoms with Crippen LogP contribution < -0.4 is 10.1 Å². The van der Waals surface area contributed by atoms with E-state index >= 15 is 0 Å². The van der Waals surface area contributed by atoms with E-state index in [2.05, 4.69) is 67.4 Å². The minimum atomic E-state index is 0.0166. The molecule has 3 aromatic carbocycles. The first-order valence-electron chi connectivity index (χ1n) is 12.9. The van der Waals surface area contributed by atoms with E-state index in [1.807, 2.05) is 55.4 Å². The molecule has 0 saturated carbocycles. The molecule has 1 heterocycles. The van der Waals surface area contributed by atoms with Crippen LogP contribution in [0.5, 0.6) is 5.75 Å². The summed E-state index contributed by atoms with van der Waals surface area (Å²) in [4.78, 5) is 20.3. The molecule has 1 aliphatic heterocycles. The summed E-state index contributed by atoms with van der Waals surface area (Å²) in [7, 11) is 4.04. The average molecular weight is 566 g/mol. The van der Waals surface area contributed by atoms with Gasteiger partial charge >= 0.3 is 0 Å². The van der Waals surface area contributed by atoms with E-state index in [1.165, 1.54) is 5.56 Å². The fraction of sp³-hybridized carbons (Fsp3) is 0.367. The minimum absolute atomic E-state index is 0.0166. The van der Waals surface area contributed by atoms with Gasteiger partial charge in [-0.3, -0.25) is 9.69 Å². The van der Waals surface area contributed by atoms with Crippen LogP contribution in [-0.4, -0.2) is 74.0 Å². The molecule has 6 nitrogen and oxygen atoms in total. The van der Waals surface area contributed by atoms with Crippen molar-refractivity contribution in [3.8, 4) is 5.75 Å². The molecule has 0 aliphatic carbocycles. The van der Waals surface area contributed by atoms with Gasteiger partial charge in [0.1, 0.15) is 12.4 Å². The van der Waals surface area contributed by atoms with Crippen molar-refractivity contribution < 1.29 is 9.53 Å². The van der Waals surface area contributed by atoms with Gasteiger partial charge in [0.25, 0.3) is 5.91 Å². The van der Waals surface area contributed by atoms with E-state index in [0.29, 0.717) is 25.3 Å². The molecule has 0 fully saturated rings. The maximum absolute atomic E-state index is 13.9. The Labute approximate surface area is 229 Å². The number of carbonyl (C=O) groups excluding carboxylic acids is 1. The first-order valence-corrected chi connectivity index (χ1v) is 13.7. The predicted molar refractivity (Wildman–Crippen MR) is 154 cm³/mol. The van der Waals surface area contributed by atoms with Crippen molar-refractivity contribution in [1.82, 2.24) is 14.7 Å². The number of ether oxygens (including phenoxy) is 1. The zero-order valence-corrected chi connectivity index (χ0v) is 23.4. The predicted octanol–water partition coefficient (Wildman–Crippen LogP) is 5.35. The van der Waals surface area contributed by atoms with E-state index in [4.69, 9.17) is 4.74 Å². The van der Waals surface area contributed by atoms with Crippen molar-refractivity contribution in [2.75, 3.05) is 58.7 Å². The Morgan fingerprint density at radius 1 is 1.00 bits per heavy atom. The number of carbonyl (C=O) groups is 1. The third kappa shape index (κ3) is 8.32. The molecule has 0 spiro atoms. The Kier molecular flexibility index (Phi) is 9.99. The standard InChI is InChI=1S/C30H37BrN4O2/c1-33(2)18-19-37-28-11-6-10-25(21-28)30(36)35-17-16-34(22-24-8-4-3-5-9-24)15-7-14-32-29-13-12-27(31)20-26(29)23-35/h3-6,8-13,20-21,32H,7,14-19,22-23H2,1-2H3. The molecule has 0 atom stereocenters. The van der Waals surface area contributed by atoms with E-state index in [0.717, 1.165) is 60.6 Å². The van der Waals surface area contributed by atoms with Gasteiger partial charge in [0.15, 0.2) is 0 Å². The number of hydrogen-bond acceptors (Lipinski definition) is 5. The number of amides is 1. The Bertz CT molecular complexity index is 1160. The van der Waals surface area contributed by atoms with Gasteiger partial charge in [0.2, 0.25) is 0 Å². The van der Waals surface area contributed by atoms with Crippen molar-refractivity contribution >= 4 is 27.5 Å². The Morgan fingerprint density at radius 2 is 1.84 bits per heavy atom. The van der Waals surface area contributed by atoms with Gasteiger partial charge in [0.05, 0.1) is 0 Å². The second-order valence-corrected chi connectivity index (χ2v) is 10.7. The highest BCUT2D eigenvalue weighted by atomic mass is 79.9. The highest BCUT2D eigenvalue weighted by Gasteiger charge is 2.21. The van der Waals surface area contributed by atoms with Crippen LogP contribution in [0.15, 0.2) is 77.3 Å². The molecular formula is C30H37BrN4O2. The summed E-state index contributed by atoms with van der Waals surface area (Å²) < 4.78 is 6.92. The lowest BCUT2D eigenvalue weighted by molar-refractivity contribution is 0.0719. The second-order valence-electron chi connectivity index (χ2n) is 9.75. The Balaban J connectivity index is 1.56. The van der Waals surface area contributed by atoms with Gasteiger partial charge in [-0.1, -0.05) is 52.3 Å². The summed E-state index contributed by atoms with van der Waals surface area (Å²) in [6.45, 7) is 6.11. The van der Waals surface area contributed by atoms with Gasteiger partial charge in [-0.15, -0.1) is 0 Å². The molecule has 1 amide bonds. The summed E-state index contributed by atoms with van der Waals surface area (Å²) in [5.74, 6) is 0.740. The normalized spacial score (nSPS) is 15.0. The molecular weight excluding hydrogens is 528 g/mol. The van der Waals surface area contributed by atoms with Crippen LogP contribution in [0.2, 0.25) is 0 Å². The smallest absolute Gasteiger partial charge is 0.254 e. The number of fused-ring (bicyclic) bond motifs is 1. The van der Waals surface area contributed by atoms with Gasteiger partial charge in [-0.25, -0.2) is 0 Å². The van der Waals surface area contributed by atoms with Crippen molar-refractivity contribution in [2.24, 2.45) is 0 Å². The van der Waals surface area contributed by atoms with Crippen LogP contribution >= 0.6 is 15.9 Å². The minimum Gasteiger partial charge on any atom is -0.492 e. The number of rotatable bonds is 7. The van der Waals surface area contributed by atoms with Crippen LogP contribution in [-0.2, 0) is 13.1 Å². The van der Waals surface area contributed by atoms with E-state index in [9.17, 15) is 4.79 Å². The van der Waals surface area contributed by atoms with E-state index in [1.54, 1.807) is 0 Å². The van der Waals surface area contributed by atoms with Crippen molar-refractivity contribution in [2.45, 2.75) is 19.5 Å².